The minimum Gasteiger partial charge on any atom is -0.372 e. The van der Waals surface area contributed by atoms with E-state index in [0.29, 0.717) is 13.0 Å². The second-order valence-corrected chi connectivity index (χ2v) is 4.84. The Hall–Kier alpha value is -1.13. The van der Waals surface area contributed by atoms with Crippen LogP contribution in [0, 0.1) is 0 Å². The first-order valence-corrected chi connectivity index (χ1v) is 6.07. The first kappa shape index (κ1) is 13.3. The molecule has 0 aliphatic carbocycles. The van der Waals surface area contributed by atoms with Crippen molar-refractivity contribution >= 4 is 15.1 Å². The van der Waals surface area contributed by atoms with E-state index in [9.17, 15) is 13.6 Å². The van der Waals surface area contributed by atoms with Crippen LogP contribution in [-0.4, -0.2) is 17.5 Å². The van der Waals surface area contributed by atoms with Crippen molar-refractivity contribution in [3.63, 3.8) is 0 Å². The van der Waals surface area contributed by atoms with E-state index < -0.39 is 23.4 Å². The predicted octanol–water partition coefficient (Wildman–Crippen LogP) is 1.96. The Labute approximate surface area is 105 Å². The Morgan fingerprint density at radius 3 is 2.78 bits per heavy atom. The minimum absolute atomic E-state index is 0.139. The summed E-state index contributed by atoms with van der Waals surface area (Å²) in [6, 6.07) is 2.38. The molecule has 1 saturated heterocycles. The average Bonchev–Trinajstić information content (AvgIpc) is 2.80. The minimum atomic E-state index is -3.14. The third-order valence-corrected chi connectivity index (χ3v) is 3.06. The molecule has 2 N–H and O–H groups in total. The highest BCUT2D eigenvalue weighted by Crippen LogP contribution is 2.36. The Morgan fingerprint density at radius 1 is 1.56 bits per heavy atom. The summed E-state index contributed by atoms with van der Waals surface area (Å²) in [6.45, 7) is 0.534. The summed E-state index contributed by atoms with van der Waals surface area (Å²) in [7, 11) is 1.42. The van der Waals surface area contributed by atoms with Crippen molar-refractivity contribution in [3.05, 3.63) is 29.1 Å². The summed E-state index contributed by atoms with van der Waals surface area (Å²) >= 11 is 0. The van der Waals surface area contributed by atoms with Crippen molar-refractivity contribution < 1.29 is 18.3 Å². The molecule has 2 unspecified atom stereocenters. The number of rotatable bonds is 3. The van der Waals surface area contributed by atoms with E-state index in [2.05, 4.69) is 4.98 Å². The summed E-state index contributed by atoms with van der Waals surface area (Å²) in [4.78, 5) is 15.1. The van der Waals surface area contributed by atoms with Crippen molar-refractivity contribution in [1.82, 2.24) is 4.98 Å². The van der Waals surface area contributed by atoms with Gasteiger partial charge in [0.05, 0.1) is 11.3 Å². The van der Waals surface area contributed by atoms with Crippen LogP contribution in [0.3, 0.4) is 0 Å². The number of primary amides is 1. The van der Waals surface area contributed by atoms with Crippen LogP contribution in [0.15, 0.2) is 12.1 Å². The fourth-order valence-electron chi connectivity index (χ4n) is 1.91. The zero-order chi connectivity index (χ0) is 13.3. The summed E-state index contributed by atoms with van der Waals surface area (Å²) in [6.07, 6.45) is 1.03. The van der Waals surface area contributed by atoms with Crippen LogP contribution in [-0.2, 0) is 10.4 Å². The molecule has 18 heavy (non-hydrogen) atoms. The number of hydrogen-bond donors (Lipinski definition) is 1. The lowest BCUT2D eigenvalue weighted by molar-refractivity contribution is 0.0891. The lowest BCUT2D eigenvalue weighted by atomic mass is 10.1. The zero-order valence-corrected chi connectivity index (χ0v) is 10.7. The van der Waals surface area contributed by atoms with Crippen molar-refractivity contribution in [3.8, 4) is 0 Å². The highest BCUT2D eigenvalue weighted by atomic mass is 31.0. The smallest absolute Gasteiger partial charge is 0.300 e. The highest BCUT2D eigenvalue weighted by molar-refractivity contribution is 7.17. The molecule has 2 atom stereocenters. The van der Waals surface area contributed by atoms with E-state index in [0.717, 1.165) is 12.5 Å². The van der Waals surface area contributed by atoms with Crippen molar-refractivity contribution in [2.75, 3.05) is 6.61 Å². The lowest BCUT2D eigenvalue weighted by Crippen LogP contribution is -2.19. The second-order valence-electron chi connectivity index (χ2n) is 4.12. The van der Waals surface area contributed by atoms with Gasteiger partial charge >= 0.3 is 0 Å². The molecular formula is C11H13F2N2O2P. The summed E-state index contributed by atoms with van der Waals surface area (Å²) in [5.74, 6) is -0.688. The number of amides is 1. The lowest BCUT2D eigenvalue weighted by Gasteiger charge is -2.16. The van der Waals surface area contributed by atoms with Crippen molar-refractivity contribution in [1.29, 1.82) is 0 Å². The topological polar surface area (TPSA) is 65.2 Å². The van der Waals surface area contributed by atoms with Gasteiger partial charge in [-0.1, -0.05) is 9.24 Å². The molecule has 7 heteroatoms. The third kappa shape index (κ3) is 2.65. The van der Waals surface area contributed by atoms with Crippen LogP contribution in [0.1, 0.15) is 40.7 Å². The van der Waals surface area contributed by atoms with Gasteiger partial charge in [-0.25, -0.2) is 4.98 Å². The molecule has 1 aromatic heterocycles. The predicted molar refractivity (Wildman–Crippen MR) is 64.3 cm³/mol. The molecule has 1 amide bonds. The second kappa shape index (κ2) is 4.86. The number of hydrogen-bond acceptors (Lipinski definition) is 3. The molecule has 0 saturated carbocycles. The van der Waals surface area contributed by atoms with Gasteiger partial charge in [-0.2, -0.15) is 8.78 Å². The van der Waals surface area contributed by atoms with Crippen molar-refractivity contribution in [2.24, 2.45) is 5.73 Å². The van der Waals surface area contributed by atoms with Crippen LogP contribution in [0.2, 0.25) is 0 Å². The molecule has 1 fully saturated rings. The number of ether oxygens (including phenoxy) is 1. The Balaban J connectivity index is 2.47. The number of carbonyl (C=O) groups excluding carboxylic acids is 1. The molecule has 0 spiro atoms. The maximum absolute atomic E-state index is 13.2. The molecule has 2 rings (SSSR count). The molecule has 4 nitrogen and oxygen atoms in total. The van der Waals surface area contributed by atoms with E-state index in [1.54, 1.807) is 0 Å². The highest BCUT2D eigenvalue weighted by Gasteiger charge is 2.30. The summed E-state index contributed by atoms with van der Waals surface area (Å²) < 4.78 is 31.8. The molecule has 2 heterocycles. The number of nitrogens with zero attached hydrogens (tertiary/aromatic N) is 1. The molecule has 1 aliphatic rings. The van der Waals surface area contributed by atoms with Gasteiger partial charge in [0.25, 0.3) is 11.6 Å². The van der Waals surface area contributed by atoms with E-state index >= 15 is 0 Å². The first-order chi connectivity index (χ1) is 8.39. The Kier molecular flexibility index (Phi) is 3.59. The third-order valence-electron chi connectivity index (χ3n) is 2.77. The molecule has 1 aromatic rings. The van der Waals surface area contributed by atoms with Crippen LogP contribution in [0.5, 0.6) is 0 Å². The van der Waals surface area contributed by atoms with Gasteiger partial charge in [0.15, 0.2) is 0 Å². The average molecular weight is 274 g/mol. The molecule has 98 valence electrons. The number of aromatic nitrogens is 1. The van der Waals surface area contributed by atoms with Gasteiger partial charge in [-0.05, 0) is 25.0 Å². The van der Waals surface area contributed by atoms with E-state index in [4.69, 9.17) is 10.5 Å². The molecule has 0 bridgehead atoms. The first-order valence-electron chi connectivity index (χ1n) is 5.49. The fraction of sp³-hybridized carbons (Fsp3) is 0.455. The van der Waals surface area contributed by atoms with Crippen LogP contribution >= 0.6 is 9.24 Å². The summed E-state index contributed by atoms with van der Waals surface area (Å²) in [5, 5.41) is 0. The number of nitrogens with two attached hydrogens (primary N) is 1. The normalized spacial score (nSPS) is 20.1. The number of pyridine rings is 1. The molecule has 1 aliphatic heterocycles. The van der Waals surface area contributed by atoms with Gasteiger partial charge in [0, 0.05) is 6.61 Å². The molecular weight excluding hydrogens is 261 g/mol. The Morgan fingerprint density at radius 2 is 2.28 bits per heavy atom. The van der Waals surface area contributed by atoms with Gasteiger partial charge in [0.2, 0.25) is 0 Å². The van der Waals surface area contributed by atoms with Crippen molar-refractivity contribution in [2.45, 2.75) is 24.6 Å². The zero-order valence-electron chi connectivity index (χ0n) is 9.53. The summed E-state index contributed by atoms with van der Waals surface area (Å²) in [5.41, 5.74) is 2.01. The quantitative estimate of drug-likeness (QED) is 0.857. The molecule has 0 aromatic carbocycles. The standard InChI is InChI=1S/C11H13F2N2O2P/c12-11(13,18)8-4-3-6(10(14)16)9(15-8)7-2-1-5-17-7/h3-4,7H,1-2,5,18H2,(H2,14,16). The van der Waals surface area contributed by atoms with Crippen LogP contribution < -0.4 is 5.73 Å². The van der Waals surface area contributed by atoms with Gasteiger partial charge in [0.1, 0.15) is 11.8 Å². The van der Waals surface area contributed by atoms with Crippen LogP contribution in [0.25, 0.3) is 0 Å². The number of alkyl halides is 2. The Bertz CT molecular complexity index is 471. The fourth-order valence-corrected chi connectivity index (χ4v) is 2.07. The maximum atomic E-state index is 13.2. The SMILES string of the molecule is NC(=O)c1ccc(C(F)(F)P)nc1C1CCCO1. The van der Waals surface area contributed by atoms with E-state index in [1.165, 1.54) is 15.3 Å². The number of halogens is 2. The van der Waals surface area contributed by atoms with Gasteiger partial charge in [-0.3, -0.25) is 4.79 Å². The van der Waals surface area contributed by atoms with Crippen LogP contribution in [0.4, 0.5) is 8.78 Å². The van der Waals surface area contributed by atoms with Gasteiger partial charge in [-0.15, -0.1) is 0 Å². The van der Waals surface area contributed by atoms with Gasteiger partial charge < -0.3 is 10.5 Å². The maximum Gasteiger partial charge on any atom is 0.300 e. The van der Waals surface area contributed by atoms with E-state index in [-0.39, 0.29) is 11.3 Å². The number of carbonyl (C=O) groups is 1. The molecule has 0 radical (unpaired) electrons. The van der Waals surface area contributed by atoms with E-state index in [1.807, 2.05) is 0 Å². The monoisotopic (exact) mass is 274 g/mol. The largest absolute Gasteiger partial charge is 0.372 e.